The number of nitrogen functional groups attached to an aromatic ring is 1. The van der Waals surface area contributed by atoms with Gasteiger partial charge in [-0.1, -0.05) is 11.6 Å². The Morgan fingerprint density at radius 3 is 2.94 bits per heavy atom. The number of halogens is 1. The van der Waals surface area contributed by atoms with Crippen LogP contribution in [0.4, 0.5) is 5.13 Å². The smallest absolute Gasteiger partial charge is 0.180 e. The first-order valence-corrected chi connectivity index (χ1v) is 5.85. The van der Waals surface area contributed by atoms with Crippen molar-refractivity contribution in [2.45, 2.75) is 0 Å². The quantitative estimate of drug-likeness (QED) is 0.698. The van der Waals surface area contributed by atoms with Crippen LogP contribution in [0.3, 0.4) is 0 Å². The van der Waals surface area contributed by atoms with Gasteiger partial charge in [-0.3, -0.25) is 0 Å². The molecule has 2 heterocycles. The van der Waals surface area contributed by atoms with Gasteiger partial charge in [-0.15, -0.1) is 11.3 Å². The fourth-order valence-corrected chi connectivity index (χ4v) is 2.22. The molecule has 3 N–H and O–H groups in total. The molecule has 3 aromatic rings. The second-order valence-corrected chi connectivity index (χ2v) is 4.64. The summed E-state index contributed by atoms with van der Waals surface area (Å²) in [6.07, 6.45) is 0. The summed E-state index contributed by atoms with van der Waals surface area (Å²) < 4.78 is 0. The first-order valence-electron chi connectivity index (χ1n) is 4.59. The van der Waals surface area contributed by atoms with E-state index in [2.05, 4.69) is 15.0 Å². The van der Waals surface area contributed by atoms with Crippen LogP contribution in [0.25, 0.3) is 22.6 Å². The Labute approximate surface area is 100 Å². The van der Waals surface area contributed by atoms with Crippen LogP contribution < -0.4 is 5.73 Å². The number of benzene rings is 1. The molecule has 0 amide bonds. The summed E-state index contributed by atoms with van der Waals surface area (Å²) in [6.45, 7) is 0. The molecule has 0 fully saturated rings. The molecule has 0 saturated carbocycles. The van der Waals surface area contributed by atoms with Crippen molar-refractivity contribution in [1.82, 2.24) is 15.0 Å². The zero-order valence-corrected chi connectivity index (χ0v) is 9.64. The highest BCUT2D eigenvalue weighted by Gasteiger charge is 2.08. The number of rotatable bonds is 1. The van der Waals surface area contributed by atoms with Crippen molar-refractivity contribution in [1.29, 1.82) is 0 Å². The van der Waals surface area contributed by atoms with E-state index in [0.29, 0.717) is 16.0 Å². The van der Waals surface area contributed by atoms with Crippen molar-refractivity contribution in [3.63, 3.8) is 0 Å². The van der Waals surface area contributed by atoms with Crippen LogP contribution >= 0.6 is 22.9 Å². The first kappa shape index (κ1) is 9.62. The van der Waals surface area contributed by atoms with Crippen molar-refractivity contribution in [3.05, 3.63) is 28.6 Å². The molecule has 0 saturated heterocycles. The van der Waals surface area contributed by atoms with Gasteiger partial charge in [-0.25, -0.2) is 9.97 Å². The van der Waals surface area contributed by atoms with E-state index in [9.17, 15) is 0 Å². The Morgan fingerprint density at radius 1 is 1.31 bits per heavy atom. The summed E-state index contributed by atoms with van der Waals surface area (Å²) in [7, 11) is 0. The number of aromatic nitrogens is 3. The van der Waals surface area contributed by atoms with Crippen LogP contribution in [0.5, 0.6) is 0 Å². The van der Waals surface area contributed by atoms with Crippen LogP contribution in [0.1, 0.15) is 0 Å². The number of thiazole rings is 1. The highest BCUT2D eigenvalue weighted by atomic mass is 35.5. The van der Waals surface area contributed by atoms with Crippen molar-refractivity contribution in [2.75, 3.05) is 5.73 Å². The number of fused-ring (bicyclic) bond motifs is 1. The van der Waals surface area contributed by atoms with Crippen LogP contribution in [-0.2, 0) is 0 Å². The van der Waals surface area contributed by atoms with Crippen molar-refractivity contribution in [3.8, 4) is 11.5 Å². The van der Waals surface area contributed by atoms with E-state index >= 15 is 0 Å². The number of hydrogen-bond acceptors (Lipinski definition) is 4. The molecule has 16 heavy (non-hydrogen) atoms. The van der Waals surface area contributed by atoms with Crippen molar-refractivity contribution in [2.24, 2.45) is 0 Å². The van der Waals surface area contributed by atoms with E-state index in [1.807, 2.05) is 23.6 Å². The molecule has 4 nitrogen and oxygen atoms in total. The van der Waals surface area contributed by atoms with E-state index in [-0.39, 0.29) is 0 Å². The monoisotopic (exact) mass is 250 g/mol. The van der Waals surface area contributed by atoms with Crippen molar-refractivity contribution >= 4 is 39.1 Å². The Hall–Kier alpha value is -1.59. The number of anilines is 1. The summed E-state index contributed by atoms with van der Waals surface area (Å²) >= 11 is 7.29. The summed E-state index contributed by atoms with van der Waals surface area (Å²) in [5.74, 6) is 0.713. The lowest BCUT2D eigenvalue weighted by Crippen LogP contribution is -1.83. The minimum Gasteiger partial charge on any atom is -0.375 e. The van der Waals surface area contributed by atoms with E-state index < -0.39 is 0 Å². The second kappa shape index (κ2) is 3.47. The van der Waals surface area contributed by atoms with E-state index in [1.54, 1.807) is 0 Å². The number of nitrogens with two attached hydrogens (primary N) is 1. The maximum Gasteiger partial charge on any atom is 0.180 e. The van der Waals surface area contributed by atoms with Crippen LogP contribution in [-0.4, -0.2) is 15.0 Å². The highest BCUT2D eigenvalue weighted by Crippen LogP contribution is 2.24. The molecular formula is C10H7ClN4S. The number of imidazole rings is 1. The van der Waals surface area contributed by atoms with E-state index in [0.717, 1.165) is 16.7 Å². The lowest BCUT2D eigenvalue weighted by molar-refractivity contribution is 1.28. The Morgan fingerprint density at radius 2 is 2.19 bits per heavy atom. The predicted octanol–water partition coefficient (Wildman–Crippen LogP) is 2.92. The van der Waals surface area contributed by atoms with Gasteiger partial charge in [-0.05, 0) is 18.2 Å². The van der Waals surface area contributed by atoms with Gasteiger partial charge in [0.25, 0.3) is 0 Å². The van der Waals surface area contributed by atoms with Gasteiger partial charge >= 0.3 is 0 Å². The maximum atomic E-state index is 5.90. The molecule has 0 aliphatic rings. The van der Waals surface area contributed by atoms with Gasteiger partial charge in [0, 0.05) is 10.4 Å². The largest absolute Gasteiger partial charge is 0.375 e. The Balaban J connectivity index is 2.18. The molecule has 0 spiro atoms. The lowest BCUT2D eigenvalue weighted by atomic mass is 10.3. The normalized spacial score (nSPS) is 11.1. The van der Waals surface area contributed by atoms with Gasteiger partial charge in [0.05, 0.1) is 11.0 Å². The van der Waals surface area contributed by atoms with Gasteiger partial charge < -0.3 is 10.7 Å². The zero-order valence-electron chi connectivity index (χ0n) is 8.07. The topological polar surface area (TPSA) is 67.6 Å². The van der Waals surface area contributed by atoms with E-state index in [4.69, 9.17) is 17.3 Å². The van der Waals surface area contributed by atoms with Gasteiger partial charge in [-0.2, -0.15) is 0 Å². The summed E-state index contributed by atoms with van der Waals surface area (Å²) in [4.78, 5) is 11.7. The first-order chi connectivity index (χ1) is 7.72. The lowest BCUT2D eigenvalue weighted by Gasteiger charge is -1.87. The molecule has 6 heteroatoms. The maximum absolute atomic E-state index is 5.90. The molecule has 3 rings (SSSR count). The fourth-order valence-electron chi connectivity index (χ4n) is 1.50. The minimum absolute atomic E-state index is 0.536. The highest BCUT2D eigenvalue weighted by molar-refractivity contribution is 7.13. The summed E-state index contributed by atoms with van der Waals surface area (Å²) in [6, 6.07) is 5.51. The SMILES string of the molecule is Nc1nc(-c2nc3ccc(Cl)cc3[nH]2)cs1. The number of nitrogens with one attached hydrogen (secondary N) is 1. The van der Waals surface area contributed by atoms with Gasteiger partial charge in [0.2, 0.25) is 0 Å². The summed E-state index contributed by atoms with van der Waals surface area (Å²) in [5.41, 5.74) is 8.10. The average molecular weight is 251 g/mol. The predicted molar refractivity (Wildman–Crippen MR) is 66.6 cm³/mol. The van der Waals surface area contributed by atoms with Crippen molar-refractivity contribution < 1.29 is 0 Å². The molecule has 80 valence electrons. The number of hydrogen-bond donors (Lipinski definition) is 2. The van der Waals surface area contributed by atoms with Crippen LogP contribution in [0.2, 0.25) is 5.02 Å². The third kappa shape index (κ3) is 1.54. The standard InChI is InChI=1S/C10H7ClN4S/c11-5-1-2-6-7(3-5)14-9(13-6)8-4-16-10(12)15-8/h1-4H,(H2,12,15)(H,13,14). The molecule has 0 aliphatic heterocycles. The molecular weight excluding hydrogens is 244 g/mol. The molecule has 0 unspecified atom stereocenters. The molecule has 2 aromatic heterocycles. The zero-order chi connectivity index (χ0) is 11.1. The number of H-pyrrole nitrogens is 1. The molecule has 0 aliphatic carbocycles. The van der Waals surface area contributed by atoms with Gasteiger partial charge in [0.15, 0.2) is 11.0 Å². The van der Waals surface area contributed by atoms with Gasteiger partial charge in [0.1, 0.15) is 5.69 Å². The molecule has 0 atom stereocenters. The fraction of sp³-hybridized carbons (Fsp3) is 0. The second-order valence-electron chi connectivity index (χ2n) is 3.32. The van der Waals surface area contributed by atoms with Crippen LogP contribution in [0.15, 0.2) is 23.6 Å². The minimum atomic E-state index is 0.536. The number of nitrogens with zero attached hydrogens (tertiary/aromatic N) is 2. The molecule has 0 radical (unpaired) electrons. The molecule has 1 aromatic carbocycles. The Kier molecular flexibility index (Phi) is 2.08. The number of aromatic amines is 1. The van der Waals surface area contributed by atoms with E-state index in [1.165, 1.54) is 11.3 Å². The Bertz CT molecular complexity index is 658. The molecule has 0 bridgehead atoms. The third-order valence-corrected chi connectivity index (χ3v) is 3.12. The average Bonchev–Trinajstić information content (AvgIpc) is 2.83. The third-order valence-electron chi connectivity index (χ3n) is 2.21. The van der Waals surface area contributed by atoms with Crippen LogP contribution in [0, 0.1) is 0 Å². The summed E-state index contributed by atoms with van der Waals surface area (Å²) in [5, 5.41) is 3.09.